The van der Waals surface area contributed by atoms with Crippen LogP contribution in [0.5, 0.6) is 0 Å². The lowest BCUT2D eigenvalue weighted by molar-refractivity contribution is 0.308. The van der Waals surface area contributed by atoms with Crippen molar-refractivity contribution in [2.45, 2.75) is 40.5 Å². The average molecular weight is 302 g/mol. The van der Waals surface area contributed by atoms with Crippen LogP contribution in [0.2, 0.25) is 10.0 Å². The van der Waals surface area contributed by atoms with Gasteiger partial charge in [0.25, 0.3) is 0 Å². The molecule has 1 aromatic rings. The Morgan fingerprint density at radius 2 is 1.89 bits per heavy atom. The third-order valence-corrected chi connectivity index (χ3v) is 3.83. The number of hydrogen-bond acceptors (Lipinski definition) is 1. The second kappa shape index (κ2) is 7.52. The number of benzene rings is 1. The summed E-state index contributed by atoms with van der Waals surface area (Å²) in [6.07, 6.45) is 2.10. The smallest absolute Gasteiger partial charge is 0.0452 e. The van der Waals surface area contributed by atoms with Crippen molar-refractivity contribution in [3.05, 3.63) is 33.8 Å². The molecule has 1 N–H and O–H groups in total. The monoisotopic (exact) mass is 301 g/mol. The van der Waals surface area contributed by atoms with Gasteiger partial charge in [0, 0.05) is 16.6 Å². The zero-order valence-electron chi connectivity index (χ0n) is 12.4. The maximum atomic E-state index is 6.20. The fourth-order valence-electron chi connectivity index (χ4n) is 1.99. The Bertz CT molecular complexity index is 400. The van der Waals surface area contributed by atoms with Gasteiger partial charge in [-0.3, -0.25) is 0 Å². The summed E-state index contributed by atoms with van der Waals surface area (Å²) in [6, 6.07) is 5.76. The Hall–Kier alpha value is -0.240. The first-order valence-corrected chi connectivity index (χ1v) is 7.70. The first-order valence-electron chi connectivity index (χ1n) is 6.95. The summed E-state index contributed by atoms with van der Waals surface area (Å²) < 4.78 is 0. The fraction of sp³-hybridized carbons (Fsp3) is 0.625. The van der Waals surface area contributed by atoms with Crippen molar-refractivity contribution in [3.63, 3.8) is 0 Å². The minimum atomic E-state index is 0.276. The molecule has 1 rings (SSSR count). The van der Waals surface area contributed by atoms with E-state index in [9.17, 15) is 0 Å². The molecule has 0 amide bonds. The average Bonchev–Trinajstić information content (AvgIpc) is 2.27. The van der Waals surface area contributed by atoms with E-state index in [4.69, 9.17) is 23.2 Å². The highest BCUT2D eigenvalue weighted by molar-refractivity contribution is 6.35. The van der Waals surface area contributed by atoms with Gasteiger partial charge in [0.15, 0.2) is 0 Å². The van der Waals surface area contributed by atoms with Crippen molar-refractivity contribution < 1.29 is 0 Å². The molecule has 0 spiro atoms. The molecule has 0 atom stereocenters. The molecule has 0 heterocycles. The molecule has 0 aliphatic rings. The highest BCUT2D eigenvalue weighted by Gasteiger charge is 2.18. The summed E-state index contributed by atoms with van der Waals surface area (Å²) in [7, 11) is 0. The van der Waals surface area contributed by atoms with E-state index in [0.717, 1.165) is 31.0 Å². The van der Waals surface area contributed by atoms with Crippen LogP contribution in [0.3, 0.4) is 0 Å². The van der Waals surface area contributed by atoms with Gasteiger partial charge >= 0.3 is 0 Å². The molecule has 108 valence electrons. The molecule has 19 heavy (non-hydrogen) atoms. The molecule has 1 aromatic carbocycles. The molecule has 3 heteroatoms. The number of rotatable bonds is 7. The van der Waals surface area contributed by atoms with Crippen molar-refractivity contribution >= 4 is 23.2 Å². The zero-order valence-corrected chi connectivity index (χ0v) is 13.9. The zero-order chi connectivity index (χ0) is 14.5. The van der Waals surface area contributed by atoms with E-state index >= 15 is 0 Å². The molecule has 0 saturated heterocycles. The van der Waals surface area contributed by atoms with E-state index < -0.39 is 0 Å². The van der Waals surface area contributed by atoms with Crippen LogP contribution in [-0.2, 0) is 6.42 Å². The Morgan fingerprint density at radius 1 is 1.21 bits per heavy atom. The first-order chi connectivity index (χ1) is 8.80. The van der Waals surface area contributed by atoms with Gasteiger partial charge in [-0.25, -0.2) is 0 Å². The standard InChI is InChI=1S/C16H25Cl2N/c1-12(2)10-19-11-16(3,4)8-7-13-5-6-14(17)9-15(13)18/h5-6,9,12,19H,7-8,10-11H2,1-4H3. The summed E-state index contributed by atoms with van der Waals surface area (Å²) in [4.78, 5) is 0. The minimum absolute atomic E-state index is 0.276. The maximum Gasteiger partial charge on any atom is 0.0452 e. The fourth-order valence-corrected chi connectivity index (χ4v) is 2.49. The molecule has 0 unspecified atom stereocenters. The lowest BCUT2D eigenvalue weighted by atomic mass is 9.86. The van der Waals surface area contributed by atoms with Crippen LogP contribution in [0.15, 0.2) is 18.2 Å². The second-order valence-corrected chi connectivity index (χ2v) is 7.27. The summed E-state index contributed by atoms with van der Waals surface area (Å²) in [5.41, 5.74) is 1.46. The van der Waals surface area contributed by atoms with Crippen molar-refractivity contribution in [2.24, 2.45) is 11.3 Å². The summed E-state index contributed by atoms with van der Waals surface area (Å²) in [5, 5.41) is 5.01. The largest absolute Gasteiger partial charge is 0.316 e. The number of aryl methyl sites for hydroxylation is 1. The van der Waals surface area contributed by atoms with Crippen LogP contribution in [0.25, 0.3) is 0 Å². The van der Waals surface area contributed by atoms with Crippen LogP contribution in [0.4, 0.5) is 0 Å². The third-order valence-electron chi connectivity index (χ3n) is 3.24. The summed E-state index contributed by atoms with van der Waals surface area (Å²) in [6.45, 7) is 11.2. The SMILES string of the molecule is CC(C)CNCC(C)(C)CCc1ccc(Cl)cc1Cl. The molecule has 0 aliphatic heterocycles. The van der Waals surface area contributed by atoms with Crippen molar-refractivity contribution in [1.82, 2.24) is 5.32 Å². The van der Waals surface area contributed by atoms with E-state index in [2.05, 4.69) is 33.0 Å². The molecular weight excluding hydrogens is 277 g/mol. The lowest BCUT2D eigenvalue weighted by Crippen LogP contribution is -2.32. The second-order valence-electron chi connectivity index (χ2n) is 6.42. The van der Waals surface area contributed by atoms with Gasteiger partial charge in [0.1, 0.15) is 0 Å². The lowest BCUT2D eigenvalue weighted by Gasteiger charge is -2.26. The van der Waals surface area contributed by atoms with Crippen LogP contribution in [0.1, 0.15) is 39.7 Å². The Balaban J connectivity index is 2.45. The predicted octanol–water partition coefficient (Wildman–Crippen LogP) is 5.20. The van der Waals surface area contributed by atoms with Crippen LogP contribution in [-0.4, -0.2) is 13.1 Å². The Morgan fingerprint density at radius 3 is 2.47 bits per heavy atom. The first kappa shape index (κ1) is 16.8. The van der Waals surface area contributed by atoms with Crippen molar-refractivity contribution in [3.8, 4) is 0 Å². The number of halogens is 2. The molecule has 0 aliphatic carbocycles. The molecule has 1 nitrogen and oxygen atoms in total. The van der Waals surface area contributed by atoms with E-state index in [-0.39, 0.29) is 5.41 Å². The van der Waals surface area contributed by atoms with E-state index in [0.29, 0.717) is 10.9 Å². The van der Waals surface area contributed by atoms with E-state index in [1.165, 1.54) is 5.56 Å². The molecule has 0 fully saturated rings. The molecule has 0 aromatic heterocycles. The van der Waals surface area contributed by atoms with Gasteiger partial charge in [0.2, 0.25) is 0 Å². The number of hydrogen-bond donors (Lipinski definition) is 1. The Kier molecular flexibility index (Phi) is 6.65. The van der Waals surface area contributed by atoms with Gasteiger partial charge in [-0.1, -0.05) is 57.0 Å². The van der Waals surface area contributed by atoms with E-state index in [1.54, 1.807) is 0 Å². The minimum Gasteiger partial charge on any atom is -0.316 e. The predicted molar refractivity (Wildman–Crippen MR) is 86.3 cm³/mol. The molecular formula is C16H25Cl2N. The molecule has 0 saturated carbocycles. The van der Waals surface area contributed by atoms with Crippen molar-refractivity contribution in [1.29, 1.82) is 0 Å². The highest BCUT2D eigenvalue weighted by Crippen LogP contribution is 2.27. The van der Waals surface area contributed by atoms with Gasteiger partial charge in [0.05, 0.1) is 0 Å². The summed E-state index contributed by atoms with van der Waals surface area (Å²) >= 11 is 12.1. The normalized spacial score (nSPS) is 12.2. The summed E-state index contributed by atoms with van der Waals surface area (Å²) in [5.74, 6) is 0.696. The van der Waals surface area contributed by atoms with Gasteiger partial charge < -0.3 is 5.32 Å². The maximum absolute atomic E-state index is 6.20. The van der Waals surface area contributed by atoms with E-state index in [1.807, 2.05) is 18.2 Å². The van der Waals surface area contributed by atoms with Gasteiger partial charge in [-0.15, -0.1) is 0 Å². The van der Waals surface area contributed by atoms with Crippen LogP contribution < -0.4 is 5.32 Å². The quantitative estimate of drug-likeness (QED) is 0.730. The molecule has 0 radical (unpaired) electrons. The number of nitrogens with one attached hydrogen (secondary N) is 1. The molecule has 0 bridgehead atoms. The third kappa shape index (κ3) is 6.65. The van der Waals surface area contributed by atoms with Gasteiger partial charge in [-0.2, -0.15) is 0 Å². The topological polar surface area (TPSA) is 12.0 Å². The Labute approximate surface area is 127 Å². The van der Waals surface area contributed by atoms with Crippen LogP contribution in [0, 0.1) is 11.3 Å². The van der Waals surface area contributed by atoms with Gasteiger partial charge in [-0.05, 0) is 48.4 Å². The van der Waals surface area contributed by atoms with Crippen molar-refractivity contribution in [2.75, 3.05) is 13.1 Å². The highest BCUT2D eigenvalue weighted by atomic mass is 35.5. The van der Waals surface area contributed by atoms with Crippen LogP contribution >= 0.6 is 23.2 Å².